The fourth-order valence-corrected chi connectivity index (χ4v) is 6.30. The number of nitrogens with two attached hydrogens (primary N) is 3. The molecule has 7 atom stereocenters. The number of benzene rings is 2. The molecular formula is C40H54N10O10S. The number of carboxylic acids is 1. The first kappa shape index (κ1) is 48.9. The van der Waals surface area contributed by atoms with Gasteiger partial charge in [-0.25, -0.2) is 4.79 Å². The van der Waals surface area contributed by atoms with Crippen LogP contribution in [0.1, 0.15) is 50.7 Å². The molecule has 1 heterocycles. The van der Waals surface area contributed by atoms with Crippen molar-refractivity contribution in [3.63, 3.8) is 0 Å². The molecule has 0 spiro atoms. The Balaban J connectivity index is 1.96. The summed E-state index contributed by atoms with van der Waals surface area (Å²) < 4.78 is 0. The lowest BCUT2D eigenvalue weighted by atomic mass is 9.97. The van der Waals surface area contributed by atoms with Gasteiger partial charge < -0.3 is 59.2 Å². The lowest BCUT2D eigenvalue weighted by Crippen LogP contribution is -2.60. The number of fused-ring (bicyclic) bond motifs is 1. The average Bonchev–Trinajstić information content (AvgIpc) is 3.64. The molecule has 21 heteroatoms. The fourth-order valence-electron chi connectivity index (χ4n) is 6.14. The van der Waals surface area contributed by atoms with Crippen LogP contribution in [0.15, 0.2) is 60.8 Å². The Morgan fingerprint density at radius 1 is 0.721 bits per heavy atom. The highest BCUT2D eigenvalue weighted by Gasteiger charge is 2.34. The number of nitrogens with one attached hydrogen (secondary N) is 7. The summed E-state index contributed by atoms with van der Waals surface area (Å²) >= 11 is 3.92. The van der Waals surface area contributed by atoms with Gasteiger partial charge in [0.15, 0.2) is 0 Å². The SMILES string of the molecule is CC[C@H](C)[C@H](NC(=O)[C@H](Cc1ccccc1)NC(=O)[C@H](Cc1c[nH]c2ccccc12)NC(=O)[C@H](CCC(N)=O)NC(=O)[C@H](CC(N)=O)NC(=O)CNC(=O)[C@@H](N)CS)C(=O)O. The number of aromatic nitrogens is 1. The number of carboxylic acid groups (broad SMARTS) is 1. The van der Waals surface area contributed by atoms with Crippen molar-refractivity contribution in [3.8, 4) is 0 Å². The highest BCUT2D eigenvalue weighted by molar-refractivity contribution is 7.80. The lowest BCUT2D eigenvalue weighted by molar-refractivity contribution is -0.144. The van der Waals surface area contributed by atoms with E-state index in [-0.39, 0.29) is 18.6 Å². The van der Waals surface area contributed by atoms with E-state index in [0.717, 1.165) is 0 Å². The van der Waals surface area contributed by atoms with Gasteiger partial charge in [-0.3, -0.25) is 38.4 Å². The van der Waals surface area contributed by atoms with E-state index in [1.165, 1.54) is 0 Å². The molecule has 0 bridgehead atoms. The van der Waals surface area contributed by atoms with E-state index in [0.29, 0.717) is 28.5 Å². The number of amides is 8. The van der Waals surface area contributed by atoms with Crippen LogP contribution in [0.4, 0.5) is 0 Å². The minimum absolute atomic E-state index is 0.0194. The van der Waals surface area contributed by atoms with E-state index < -0.39 is 121 Å². The zero-order valence-electron chi connectivity index (χ0n) is 33.8. The van der Waals surface area contributed by atoms with Crippen LogP contribution in [0, 0.1) is 5.92 Å². The highest BCUT2D eigenvalue weighted by atomic mass is 32.1. The Morgan fingerprint density at radius 2 is 1.30 bits per heavy atom. The zero-order chi connectivity index (χ0) is 45.2. The minimum Gasteiger partial charge on any atom is -0.480 e. The molecule has 61 heavy (non-hydrogen) atoms. The van der Waals surface area contributed by atoms with Gasteiger partial charge in [0, 0.05) is 42.1 Å². The smallest absolute Gasteiger partial charge is 0.326 e. The van der Waals surface area contributed by atoms with E-state index in [2.05, 4.69) is 49.5 Å². The molecule has 0 aliphatic heterocycles. The van der Waals surface area contributed by atoms with Crippen LogP contribution in [0.5, 0.6) is 0 Å². The van der Waals surface area contributed by atoms with Crippen molar-refractivity contribution >= 4 is 76.8 Å². The number of para-hydroxylation sites is 1. The number of rotatable bonds is 25. The standard InChI is InChI=1S/C40H54N10O10S/c1-3-21(2)34(40(59)60)50-39(58)28(15-22-9-5-4-6-10-22)48-37(56)29(16-23-18-44-26-12-8-7-11-24(23)26)49-36(55)27(13-14-31(42)51)47-38(57)30(17-32(43)52)46-33(53)19-45-35(54)25(41)20-61/h4-12,18,21,25,27-30,34,44,61H,3,13-17,19-20,41H2,1-2H3,(H2,42,51)(H2,43,52)(H,45,54)(H,46,53)(H,47,57)(H,48,56)(H,49,55)(H,50,58)(H,59,60)/t21-,25-,27-,28-,29-,30-,34-/m0/s1. The van der Waals surface area contributed by atoms with Crippen LogP contribution in [0.3, 0.4) is 0 Å². The summed E-state index contributed by atoms with van der Waals surface area (Å²) in [6.45, 7) is 2.79. The van der Waals surface area contributed by atoms with Crippen molar-refractivity contribution in [3.05, 3.63) is 71.9 Å². The molecule has 0 fully saturated rings. The first-order valence-electron chi connectivity index (χ1n) is 19.5. The molecule has 1 aromatic heterocycles. The zero-order valence-corrected chi connectivity index (χ0v) is 34.7. The van der Waals surface area contributed by atoms with E-state index in [1.807, 2.05) is 0 Å². The fraction of sp³-hybridized carbons (Fsp3) is 0.425. The second kappa shape index (κ2) is 23.9. The van der Waals surface area contributed by atoms with E-state index in [9.17, 15) is 48.3 Å². The van der Waals surface area contributed by atoms with E-state index >= 15 is 0 Å². The molecule has 0 saturated heterocycles. The van der Waals surface area contributed by atoms with E-state index in [1.54, 1.807) is 74.6 Å². The van der Waals surface area contributed by atoms with Crippen LogP contribution in [-0.4, -0.2) is 112 Å². The third-order valence-corrected chi connectivity index (χ3v) is 10.1. The Labute approximate surface area is 357 Å². The maximum Gasteiger partial charge on any atom is 0.326 e. The molecule has 8 amide bonds. The van der Waals surface area contributed by atoms with Gasteiger partial charge in [0.05, 0.1) is 19.0 Å². The summed E-state index contributed by atoms with van der Waals surface area (Å²) in [7, 11) is 0. The van der Waals surface area contributed by atoms with Crippen molar-refractivity contribution in [2.24, 2.45) is 23.1 Å². The van der Waals surface area contributed by atoms with Crippen molar-refractivity contribution in [1.29, 1.82) is 0 Å². The molecule has 330 valence electrons. The second-order valence-electron chi connectivity index (χ2n) is 14.4. The van der Waals surface area contributed by atoms with Crippen molar-refractivity contribution in [1.82, 2.24) is 36.9 Å². The van der Waals surface area contributed by atoms with Gasteiger partial charge in [0.25, 0.3) is 0 Å². The van der Waals surface area contributed by atoms with Crippen LogP contribution in [-0.2, 0) is 56.0 Å². The quantitative estimate of drug-likeness (QED) is 0.0414. The summed E-state index contributed by atoms with van der Waals surface area (Å²) in [5.41, 5.74) is 18.2. The number of thiol groups is 1. The Bertz CT molecular complexity index is 2050. The Hall–Kier alpha value is -6.48. The average molecular weight is 867 g/mol. The topological polar surface area (TPSA) is 340 Å². The largest absolute Gasteiger partial charge is 0.480 e. The molecule has 20 nitrogen and oxygen atoms in total. The molecule has 0 aliphatic rings. The maximum atomic E-state index is 14.4. The summed E-state index contributed by atoms with van der Waals surface area (Å²) in [5, 5.41) is 25.4. The van der Waals surface area contributed by atoms with Crippen LogP contribution in [0.25, 0.3) is 10.9 Å². The van der Waals surface area contributed by atoms with Crippen molar-refractivity contribution < 1.29 is 48.3 Å². The molecule has 3 rings (SSSR count). The van der Waals surface area contributed by atoms with Gasteiger partial charge in [0.1, 0.15) is 30.2 Å². The summed E-state index contributed by atoms with van der Waals surface area (Å²) in [5.74, 6) is -8.94. The van der Waals surface area contributed by atoms with Gasteiger partial charge in [-0.2, -0.15) is 12.6 Å². The molecule has 3 aromatic rings. The number of carbonyl (C=O) groups excluding carboxylic acids is 8. The lowest BCUT2D eigenvalue weighted by Gasteiger charge is -2.27. The number of aliphatic carboxylic acids is 1. The third-order valence-electron chi connectivity index (χ3n) is 9.75. The molecule has 2 aromatic carbocycles. The Morgan fingerprint density at radius 3 is 1.90 bits per heavy atom. The van der Waals surface area contributed by atoms with Crippen LogP contribution in [0.2, 0.25) is 0 Å². The summed E-state index contributed by atoms with van der Waals surface area (Å²) in [4.78, 5) is 120. The maximum absolute atomic E-state index is 14.4. The van der Waals surface area contributed by atoms with Crippen molar-refractivity contribution in [2.45, 2.75) is 88.6 Å². The number of primary amides is 2. The highest BCUT2D eigenvalue weighted by Crippen LogP contribution is 2.20. The molecule has 14 N–H and O–H groups in total. The normalized spacial score (nSPS) is 14.4. The first-order valence-corrected chi connectivity index (χ1v) is 20.1. The van der Waals surface area contributed by atoms with Gasteiger partial charge in [0.2, 0.25) is 47.3 Å². The minimum atomic E-state index is -1.66. The van der Waals surface area contributed by atoms with Crippen LogP contribution >= 0.6 is 12.6 Å². The predicted octanol–water partition coefficient (Wildman–Crippen LogP) is -1.98. The van der Waals surface area contributed by atoms with Gasteiger partial charge in [-0.1, -0.05) is 68.8 Å². The first-order chi connectivity index (χ1) is 28.9. The van der Waals surface area contributed by atoms with Crippen LogP contribution < -0.4 is 49.1 Å². The monoisotopic (exact) mass is 866 g/mol. The van der Waals surface area contributed by atoms with Gasteiger partial charge in [-0.05, 0) is 29.5 Å². The molecule has 0 radical (unpaired) electrons. The summed E-state index contributed by atoms with van der Waals surface area (Å²) in [6, 6.07) is 7.46. The molecule has 0 saturated carbocycles. The number of hydrogen-bond acceptors (Lipinski definition) is 11. The molecule has 0 aliphatic carbocycles. The second-order valence-corrected chi connectivity index (χ2v) is 14.8. The number of carbonyl (C=O) groups is 9. The van der Waals surface area contributed by atoms with E-state index in [4.69, 9.17) is 17.2 Å². The predicted molar refractivity (Wildman–Crippen MR) is 226 cm³/mol. The molecular weight excluding hydrogens is 813 g/mol. The van der Waals surface area contributed by atoms with Gasteiger partial charge >= 0.3 is 5.97 Å². The number of aromatic amines is 1. The molecule has 0 unspecified atom stereocenters. The number of H-pyrrole nitrogens is 1. The number of hydrogen-bond donors (Lipinski definition) is 12. The van der Waals surface area contributed by atoms with Crippen molar-refractivity contribution in [2.75, 3.05) is 12.3 Å². The Kier molecular flexibility index (Phi) is 19.2. The third kappa shape index (κ3) is 15.6. The summed E-state index contributed by atoms with van der Waals surface area (Å²) in [6.07, 6.45) is 0.283. The van der Waals surface area contributed by atoms with Gasteiger partial charge in [-0.15, -0.1) is 0 Å².